The van der Waals surface area contributed by atoms with Crippen LogP contribution in [0.1, 0.15) is 42.6 Å². The summed E-state index contributed by atoms with van der Waals surface area (Å²) in [5.41, 5.74) is 2.31. The average molecular weight is 464 g/mol. The predicted molar refractivity (Wildman–Crippen MR) is 126 cm³/mol. The minimum Gasteiger partial charge on any atom is -0.491 e. The first-order valence-electron chi connectivity index (χ1n) is 11.9. The van der Waals surface area contributed by atoms with Crippen molar-refractivity contribution in [3.8, 4) is 11.5 Å². The van der Waals surface area contributed by atoms with Crippen molar-refractivity contribution in [3.05, 3.63) is 47.9 Å². The van der Waals surface area contributed by atoms with Crippen LogP contribution >= 0.6 is 0 Å². The SMILES string of the molecule is CC1(C)Cc2cc(NC(=O)c3cnn4cccnc34)c(OC[C@H]3C[C@H]4NCCO[C@@H]4C3)cc2O1. The molecule has 1 aliphatic carbocycles. The Morgan fingerprint density at radius 1 is 1.35 bits per heavy atom. The summed E-state index contributed by atoms with van der Waals surface area (Å²) in [5.74, 6) is 1.53. The van der Waals surface area contributed by atoms with Crippen LogP contribution in [-0.4, -0.2) is 58.0 Å². The molecule has 2 aliphatic heterocycles. The van der Waals surface area contributed by atoms with E-state index < -0.39 is 0 Å². The highest BCUT2D eigenvalue weighted by atomic mass is 16.5. The molecule has 3 aromatic rings. The van der Waals surface area contributed by atoms with E-state index in [-0.39, 0.29) is 17.6 Å². The Kier molecular flexibility index (Phi) is 5.18. The van der Waals surface area contributed by atoms with Gasteiger partial charge in [0.25, 0.3) is 5.91 Å². The van der Waals surface area contributed by atoms with Crippen LogP contribution in [0.2, 0.25) is 0 Å². The molecule has 6 rings (SSSR count). The Morgan fingerprint density at radius 3 is 3.15 bits per heavy atom. The molecule has 2 aromatic heterocycles. The van der Waals surface area contributed by atoms with Crippen LogP contribution < -0.4 is 20.1 Å². The number of nitrogens with one attached hydrogen (secondary N) is 2. The molecule has 9 heteroatoms. The number of nitrogens with zero attached hydrogens (tertiary/aromatic N) is 3. The smallest absolute Gasteiger partial charge is 0.261 e. The van der Waals surface area contributed by atoms with Crippen molar-refractivity contribution in [3.63, 3.8) is 0 Å². The van der Waals surface area contributed by atoms with Gasteiger partial charge in [-0.15, -0.1) is 0 Å². The van der Waals surface area contributed by atoms with Gasteiger partial charge in [-0.1, -0.05) is 0 Å². The number of amides is 1. The summed E-state index contributed by atoms with van der Waals surface area (Å²) < 4.78 is 19.9. The first-order chi connectivity index (χ1) is 16.4. The fourth-order valence-corrected chi connectivity index (χ4v) is 5.32. The first-order valence-corrected chi connectivity index (χ1v) is 11.9. The summed E-state index contributed by atoms with van der Waals surface area (Å²) in [6.07, 6.45) is 7.96. The highest BCUT2D eigenvalue weighted by molar-refractivity contribution is 6.08. The molecular formula is C25H29N5O4. The van der Waals surface area contributed by atoms with Gasteiger partial charge in [-0.05, 0) is 44.7 Å². The molecule has 2 fully saturated rings. The minimum absolute atomic E-state index is 0.258. The Labute approximate surface area is 197 Å². The quantitative estimate of drug-likeness (QED) is 0.600. The largest absolute Gasteiger partial charge is 0.491 e. The van der Waals surface area contributed by atoms with Gasteiger partial charge in [-0.25, -0.2) is 9.50 Å². The van der Waals surface area contributed by atoms with E-state index in [1.54, 1.807) is 23.0 Å². The summed E-state index contributed by atoms with van der Waals surface area (Å²) in [4.78, 5) is 17.5. The van der Waals surface area contributed by atoms with Crippen molar-refractivity contribution in [1.29, 1.82) is 0 Å². The van der Waals surface area contributed by atoms with Crippen LogP contribution in [0, 0.1) is 5.92 Å². The zero-order chi connectivity index (χ0) is 23.3. The molecule has 1 amide bonds. The first kappa shape index (κ1) is 21.4. The maximum atomic E-state index is 13.2. The van der Waals surface area contributed by atoms with Gasteiger partial charge in [0.05, 0.1) is 31.2 Å². The summed E-state index contributed by atoms with van der Waals surface area (Å²) >= 11 is 0. The van der Waals surface area contributed by atoms with E-state index in [0.29, 0.717) is 41.2 Å². The van der Waals surface area contributed by atoms with Crippen LogP contribution in [0.15, 0.2) is 36.8 Å². The topological polar surface area (TPSA) is 99.0 Å². The zero-order valence-electron chi connectivity index (χ0n) is 19.4. The normalized spacial score (nSPS) is 24.9. The molecule has 34 heavy (non-hydrogen) atoms. The average Bonchev–Trinajstić information content (AvgIpc) is 3.50. The lowest BCUT2D eigenvalue weighted by Gasteiger charge is -2.26. The Bertz CT molecular complexity index is 1230. The number of rotatable bonds is 5. The van der Waals surface area contributed by atoms with Crippen LogP contribution in [0.4, 0.5) is 5.69 Å². The number of hydrogen-bond acceptors (Lipinski definition) is 7. The lowest BCUT2D eigenvalue weighted by atomic mass is 10.0. The van der Waals surface area contributed by atoms with Gasteiger partial charge >= 0.3 is 0 Å². The molecule has 0 unspecified atom stereocenters. The van der Waals surface area contributed by atoms with Crippen molar-refractivity contribution in [2.24, 2.45) is 5.92 Å². The second-order valence-corrected chi connectivity index (χ2v) is 10.0. The van der Waals surface area contributed by atoms with Gasteiger partial charge in [0, 0.05) is 43.0 Å². The summed E-state index contributed by atoms with van der Waals surface area (Å²) in [7, 11) is 0. The summed E-state index contributed by atoms with van der Waals surface area (Å²) in [6.45, 7) is 6.34. The number of anilines is 1. The van der Waals surface area contributed by atoms with Crippen LogP contribution in [0.3, 0.4) is 0 Å². The minimum atomic E-state index is -0.293. The van der Waals surface area contributed by atoms with Crippen molar-refractivity contribution in [1.82, 2.24) is 19.9 Å². The van der Waals surface area contributed by atoms with E-state index in [2.05, 4.69) is 34.6 Å². The van der Waals surface area contributed by atoms with Crippen LogP contribution in [0.5, 0.6) is 11.5 Å². The number of morpholine rings is 1. The standard InChI is InChI=1S/C25H29N5O4/c1-25(2)12-16-10-19(29-24(31)17-13-28-30-6-3-4-27-23(17)30)22(11-20(16)34-25)33-14-15-8-18-21(9-15)32-7-5-26-18/h3-4,6,10-11,13,15,18,21,26H,5,7-9,12,14H2,1-2H3,(H,29,31)/t15-,18+,21+/m0/s1. The molecule has 4 heterocycles. The molecule has 1 aromatic carbocycles. The number of carbonyl (C=O) groups excluding carboxylic acids is 1. The Morgan fingerprint density at radius 2 is 2.26 bits per heavy atom. The summed E-state index contributed by atoms with van der Waals surface area (Å²) in [6, 6.07) is 6.05. The molecule has 178 valence electrons. The summed E-state index contributed by atoms with van der Waals surface area (Å²) in [5, 5.41) is 10.8. The molecule has 1 saturated heterocycles. The van der Waals surface area contributed by atoms with Gasteiger partial charge in [0.1, 0.15) is 22.7 Å². The number of benzene rings is 1. The van der Waals surface area contributed by atoms with E-state index in [0.717, 1.165) is 43.7 Å². The zero-order valence-corrected chi connectivity index (χ0v) is 19.4. The van der Waals surface area contributed by atoms with Gasteiger partial charge in [-0.3, -0.25) is 4.79 Å². The highest BCUT2D eigenvalue weighted by Crippen LogP contribution is 2.42. The van der Waals surface area contributed by atoms with Gasteiger partial charge in [-0.2, -0.15) is 5.10 Å². The molecule has 0 radical (unpaired) electrons. The fourth-order valence-electron chi connectivity index (χ4n) is 5.32. The molecule has 0 bridgehead atoms. The van der Waals surface area contributed by atoms with E-state index in [9.17, 15) is 4.79 Å². The molecule has 3 atom stereocenters. The molecular weight excluding hydrogens is 434 g/mol. The van der Waals surface area contributed by atoms with Gasteiger partial charge < -0.3 is 24.8 Å². The fraction of sp³-hybridized carbons (Fsp3) is 0.480. The van der Waals surface area contributed by atoms with E-state index in [1.165, 1.54) is 6.20 Å². The monoisotopic (exact) mass is 463 g/mol. The second kappa shape index (κ2) is 8.25. The molecule has 9 nitrogen and oxygen atoms in total. The van der Waals surface area contributed by atoms with E-state index >= 15 is 0 Å². The van der Waals surface area contributed by atoms with E-state index in [4.69, 9.17) is 14.2 Å². The van der Waals surface area contributed by atoms with Crippen LogP contribution in [0.25, 0.3) is 5.65 Å². The van der Waals surface area contributed by atoms with Crippen molar-refractivity contribution >= 4 is 17.2 Å². The lowest BCUT2D eigenvalue weighted by molar-refractivity contribution is 0.00966. The molecule has 0 spiro atoms. The highest BCUT2D eigenvalue weighted by Gasteiger charge is 2.37. The number of carbonyl (C=O) groups is 1. The molecule has 2 N–H and O–H groups in total. The molecule has 1 saturated carbocycles. The lowest BCUT2D eigenvalue weighted by Crippen LogP contribution is -2.44. The second-order valence-electron chi connectivity index (χ2n) is 10.0. The number of fused-ring (bicyclic) bond motifs is 3. The van der Waals surface area contributed by atoms with E-state index in [1.807, 2.05) is 12.1 Å². The number of aromatic nitrogens is 3. The third-order valence-electron chi connectivity index (χ3n) is 6.85. The van der Waals surface area contributed by atoms with Crippen LogP contribution in [-0.2, 0) is 11.2 Å². The maximum absolute atomic E-state index is 13.2. The van der Waals surface area contributed by atoms with Crippen molar-refractivity contribution in [2.45, 2.75) is 50.9 Å². The van der Waals surface area contributed by atoms with Gasteiger partial charge in [0.15, 0.2) is 5.65 Å². The predicted octanol–water partition coefficient (Wildman–Crippen LogP) is 2.84. The Balaban J connectivity index is 1.24. The number of hydrogen-bond donors (Lipinski definition) is 2. The third kappa shape index (κ3) is 3.99. The van der Waals surface area contributed by atoms with Gasteiger partial charge in [0.2, 0.25) is 0 Å². The number of ether oxygens (including phenoxy) is 3. The third-order valence-corrected chi connectivity index (χ3v) is 6.85. The Hall–Kier alpha value is -3.17. The maximum Gasteiger partial charge on any atom is 0.261 e. The molecule has 3 aliphatic rings. The van der Waals surface area contributed by atoms with Crippen molar-refractivity contribution < 1.29 is 19.0 Å². The van der Waals surface area contributed by atoms with Crippen molar-refractivity contribution in [2.75, 3.05) is 25.1 Å².